The molecule has 0 aliphatic heterocycles. The van der Waals surface area contributed by atoms with Crippen LogP contribution in [0.4, 0.5) is 0 Å². The normalized spacial score (nSPS) is 9.36. The molecule has 137 valence electrons. The molecule has 0 saturated heterocycles. The summed E-state index contributed by atoms with van der Waals surface area (Å²) in [5.74, 6) is -3.05. The van der Waals surface area contributed by atoms with E-state index in [0.29, 0.717) is 24.0 Å². The third-order valence-corrected chi connectivity index (χ3v) is 3.42. The van der Waals surface area contributed by atoms with Gasteiger partial charge in [0.2, 0.25) is 0 Å². The van der Waals surface area contributed by atoms with E-state index in [0.717, 1.165) is 0 Å². The van der Waals surface area contributed by atoms with Gasteiger partial charge in [-0.2, -0.15) is 0 Å². The van der Waals surface area contributed by atoms with Crippen LogP contribution in [0.15, 0.2) is 36.4 Å². The van der Waals surface area contributed by atoms with Gasteiger partial charge in [0, 0.05) is 0 Å². The van der Waals surface area contributed by atoms with Gasteiger partial charge in [0.25, 0.3) is 0 Å². The van der Waals surface area contributed by atoms with Crippen LogP contribution in [0.2, 0.25) is 0 Å². The molecular formula is C18H18CuO6. The minimum Gasteiger partial charge on any atom is -0.872 e. The topological polar surface area (TPSA) is 121 Å². The summed E-state index contributed by atoms with van der Waals surface area (Å²) in [7, 11) is 0. The number of rotatable bonds is 4. The van der Waals surface area contributed by atoms with Gasteiger partial charge in [0.05, 0.1) is 11.1 Å². The second-order valence-corrected chi connectivity index (χ2v) is 4.91. The molecule has 0 spiro atoms. The van der Waals surface area contributed by atoms with Crippen molar-refractivity contribution in [1.82, 2.24) is 0 Å². The van der Waals surface area contributed by atoms with Crippen LogP contribution in [-0.4, -0.2) is 22.2 Å². The quantitative estimate of drug-likeness (QED) is 0.766. The number of hydrogen-bond donors (Lipinski definition) is 2. The third-order valence-electron chi connectivity index (χ3n) is 3.42. The Balaban J connectivity index is 0.000000443. The van der Waals surface area contributed by atoms with Crippen molar-refractivity contribution >= 4 is 11.9 Å². The van der Waals surface area contributed by atoms with Gasteiger partial charge in [0.1, 0.15) is 0 Å². The number of aryl methyl sites for hydroxylation is 2. The van der Waals surface area contributed by atoms with Gasteiger partial charge >= 0.3 is 29.0 Å². The maximum Gasteiger partial charge on any atom is 2.00 e. The van der Waals surface area contributed by atoms with Gasteiger partial charge in [0.15, 0.2) is 0 Å². The van der Waals surface area contributed by atoms with Crippen LogP contribution in [0.1, 0.15) is 45.7 Å². The van der Waals surface area contributed by atoms with Crippen LogP contribution in [0.25, 0.3) is 0 Å². The number of aromatic carboxylic acids is 2. The molecule has 0 saturated carbocycles. The number of carbonyl (C=O) groups is 2. The molecule has 6 nitrogen and oxygen atoms in total. The Morgan fingerprint density at radius 3 is 1.36 bits per heavy atom. The first-order valence-electron chi connectivity index (χ1n) is 7.37. The zero-order valence-corrected chi connectivity index (χ0v) is 14.6. The third kappa shape index (κ3) is 5.81. The number of carboxylic acid groups (broad SMARTS) is 2. The summed E-state index contributed by atoms with van der Waals surface area (Å²) in [4.78, 5) is 21.0. The fourth-order valence-corrected chi connectivity index (χ4v) is 2.06. The zero-order chi connectivity index (χ0) is 18.3. The first kappa shape index (κ1) is 22.5. The molecule has 0 unspecified atom stereocenters. The summed E-state index contributed by atoms with van der Waals surface area (Å²) < 4.78 is 0. The molecule has 0 aliphatic rings. The minimum absolute atomic E-state index is 0. The van der Waals surface area contributed by atoms with Crippen LogP contribution in [0.5, 0.6) is 11.5 Å². The minimum atomic E-state index is -1.16. The van der Waals surface area contributed by atoms with Crippen molar-refractivity contribution in [2.75, 3.05) is 0 Å². The largest absolute Gasteiger partial charge is 2.00 e. The average Bonchev–Trinajstić information content (AvgIpc) is 2.55. The summed E-state index contributed by atoms with van der Waals surface area (Å²) in [6, 6.07) is 9.12. The number of para-hydroxylation sites is 2. The van der Waals surface area contributed by atoms with E-state index in [1.54, 1.807) is 24.3 Å². The first-order chi connectivity index (χ1) is 11.3. The van der Waals surface area contributed by atoms with Crippen molar-refractivity contribution in [1.29, 1.82) is 0 Å². The van der Waals surface area contributed by atoms with E-state index in [-0.39, 0.29) is 39.7 Å². The van der Waals surface area contributed by atoms with E-state index in [1.165, 1.54) is 12.1 Å². The fraction of sp³-hybridized carbons (Fsp3) is 0.222. The molecule has 25 heavy (non-hydrogen) atoms. The second-order valence-electron chi connectivity index (χ2n) is 4.91. The van der Waals surface area contributed by atoms with Crippen LogP contribution in [0.3, 0.4) is 0 Å². The Bertz CT molecular complexity index is 679. The number of carboxylic acids is 2. The molecule has 2 aromatic rings. The first-order valence-corrected chi connectivity index (χ1v) is 7.37. The molecule has 0 amide bonds. The van der Waals surface area contributed by atoms with Crippen molar-refractivity contribution in [3.05, 3.63) is 58.7 Å². The molecule has 0 aromatic heterocycles. The Kier molecular flexibility index (Phi) is 9.34. The molecule has 2 rings (SSSR count). The zero-order valence-electron chi connectivity index (χ0n) is 13.7. The van der Waals surface area contributed by atoms with Gasteiger partial charge in [-0.15, -0.1) is 0 Å². The Morgan fingerprint density at radius 1 is 0.800 bits per heavy atom. The molecule has 0 fully saturated rings. The van der Waals surface area contributed by atoms with E-state index in [1.807, 2.05) is 13.8 Å². The smallest absolute Gasteiger partial charge is 0.872 e. The molecule has 1 radical (unpaired) electrons. The standard InChI is InChI=1S/2C9H10O3.Cu/c2*1-2-6-4-3-5-7(8(6)10)9(11)12;/h2*3-5,10H,2H2,1H3,(H,11,12);/q;;+2/p-2. The molecule has 0 heterocycles. The van der Waals surface area contributed by atoms with Crippen molar-refractivity contribution in [2.24, 2.45) is 0 Å². The van der Waals surface area contributed by atoms with Crippen LogP contribution in [0, 0.1) is 0 Å². The monoisotopic (exact) mass is 393 g/mol. The van der Waals surface area contributed by atoms with E-state index in [9.17, 15) is 19.8 Å². The molecule has 0 atom stereocenters. The molecule has 7 heteroatoms. The maximum absolute atomic E-state index is 11.3. The molecule has 0 aliphatic carbocycles. The van der Waals surface area contributed by atoms with Crippen LogP contribution >= 0.6 is 0 Å². The maximum atomic E-state index is 11.3. The molecule has 2 aromatic carbocycles. The van der Waals surface area contributed by atoms with Gasteiger partial charge in [-0.05, 0) is 25.0 Å². The summed E-state index contributed by atoms with van der Waals surface area (Å²) in [6.07, 6.45) is 1.14. The molecular weight excluding hydrogens is 376 g/mol. The summed E-state index contributed by atoms with van der Waals surface area (Å²) in [5.41, 5.74) is 0.813. The summed E-state index contributed by atoms with van der Waals surface area (Å²) in [5, 5.41) is 39.7. The SMILES string of the molecule is CCc1cccc(C(=O)O)c1[O-].CCc1cccc(C(=O)O)c1[O-].[Cu+2]. The Labute approximate surface area is 156 Å². The predicted molar refractivity (Wildman–Crippen MR) is 84.5 cm³/mol. The van der Waals surface area contributed by atoms with E-state index in [2.05, 4.69) is 0 Å². The van der Waals surface area contributed by atoms with E-state index in [4.69, 9.17) is 10.2 Å². The summed E-state index contributed by atoms with van der Waals surface area (Å²) in [6.45, 7) is 3.64. The molecule has 2 N–H and O–H groups in total. The van der Waals surface area contributed by atoms with Crippen LogP contribution < -0.4 is 10.2 Å². The van der Waals surface area contributed by atoms with Crippen molar-refractivity contribution in [3.63, 3.8) is 0 Å². The van der Waals surface area contributed by atoms with Crippen LogP contribution in [-0.2, 0) is 29.9 Å². The van der Waals surface area contributed by atoms with E-state index < -0.39 is 11.9 Å². The number of benzene rings is 2. The fourth-order valence-electron chi connectivity index (χ4n) is 2.06. The average molecular weight is 394 g/mol. The van der Waals surface area contributed by atoms with Crippen molar-refractivity contribution in [2.45, 2.75) is 26.7 Å². The number of hydrogen-bond acceptors (Lipinski definition) is 4. The second kappa shape index (κ2) is 10.4. The van der Waals surface area contributed by atoms with E-state index >= 15 is 0 Å². The van der Waals surface area contributed by atoms with Gasteiger partial charge in [-0.1, -0.05) is 60.7 Å². The predicted octanol–water partition coefficient (Wildman–Crippen LogP) is 2.04. The molecule has 0 bridgehead atoms. The Hall–Kier alpha value is -2.50. The van der Waals surface area contributed by atoms with Crippen molar-refractivity contribution in [3.8, 4) is 11.5 Å². The Morgan fingerprint density at radius 2 is 1.12 bits per heavy atom. The van der Waals surface area contributed by atoms with Gasteiger partial charge < -0.3 is 20.4 Å². The van der Waals surface area contributed by atoms with Gasteiger partial charge in [-0.25, -0.2) is 9.59 Å². The van der Waals surface area contributed by atoms with Gasteiger partial charge in [-0.3, -0.25) is 0 Å². The summed E-state index contributed by atoms with van der Waals surface area (Å²) >= 11 is 0. The van der Waals surface area contributed by atoms with Crippen molar-refractivity contribution < 1.29 is 47.1 Å².